The van der Waals surface area contributed by atoms with Gasteiger partial charge in [0, 0.05) is 23.7 Å². The molecule has 110 valence electrons. The minimum absolute atomic E-state index is 0.291. The van der Waals surface area contributed by atoms with Crippen molar-refractivity contribution in [2.45, 2.75) is 31.4 Å². The molecule has 2 aromatic rings. The molecule has 4 heteroatoms. The quantitative estimate of drug-likeness (QED) is 0.849. The average Bonchev–Trinajstić information content (AvgIpc) is 2.94. The maximum atomic E-state index is 5.83. The van der Waals surface area contributed by atoms with Gasteiger partial charge in [-0.3, -0.25) is 0 Å². The topological polar surface area (TPSA) is 47.3 Å². The Bertz CT molecular complexity index is 671. The summed E-state index contributed by atoms with van der Waals surface area (Å²) in [6.07, 6.45) is 3.76. The van der Waals surface area contributed by atoms with E-state index in [-0.39, 0.29) is 0 Å². The number of fused-ring (bicyclic) bond motifs is 1. The summed E-state index contributed by atoms with van der Waals surface area (Å²) in [4.78, 5) is 0.438. The molecule has 21 heavy (non-hydrogen) atoms. The van der Waals surface area contributed by atoms with Gasteiger partial charge in [-0.05, 0) is 36.8 Å². The first kappa shape index (κ1) is 14.3. The van der Waals surface area contributed by atoms with Crippen LogP contribution in [-0.4, -0.2) is 24.2 Å². The summed E-state index contributed by atoms with van der Waals surface area (Å²) >= 11 is 5.15. The number of anilines is 1. The lowest BCUT2D eigenvalue weighted by Crippen LogP contribution is -2.29. The molecule has 0 bridgehead atoms. The van der Waals surface area contributed by atoms with Crippen molar-refractivity contribution >= 4 is 33.7 Å². The molecule has 0 amide bonds. The van der Waals surface area contributed by atoms with Crippen molar-refractivity contribution in [1.29, 1.82) is 0 Å². The second-order valence-corrected chi connectivity index (χ2v) is 5.97. The van der Waals surface area contributed by atoms with Crippen LogP contribution in [0, 0.1) is 0 Å². The van der Waals surface area contributed by atoms with E-state index in [1.165, 1.54) is 6.42 Å². The zero-order chi connectivity index (χ0) is 14.8. The maximum Gasteiger partial charge on any atom is 0.104 e. The lowest BCUT2D eigenvalue weighted by atomic mass is 10.0. The molecule has 2 unspecified atom stereocenters. The molecule has 0 radical (unpaired) electrons. The minimum Gasteiger partial charge on any atom is -0.389 e. The molecule has 2 aromatic carbocycles. The third-order valence-electron chi connectivity index (χ3n) is 4.29. The van der Waals surface area contributed by atoms with E-state index < -0.39 is 0 Å². The lowest BCUT2D eigenvalue weighted by molar-refractivity contribution is 0.101. The van der Waals surface area contributed by atoms with Gasteiger partial charge in [0.15, 0.2) is 0 Å². The van der Waals surface area contributed by atoms with Crippen LogP contribution in [-0.2, 0) is 4.74 Å². The second kappa shape index (κ2) is 6.00. The molecule has 3 nitrogen and oxygen atoms in total. The highest BCUT2D eigenvalue weighted by Crippen LogP contribution is 2.31. The number of methoxy groups -OCH3 is 1. The van der Waals surface area contributed by atoms with Crippen molar-refractivity contribution in [3.05, 3.63) is 42.0 Å². The van der Waals surface area contributed by atoms with Crippen LogP contribution in [0.5, 0.6) is 0 Å². The van der Waals surface area contributed by atoms with E-state index in [0.717, 1.165) is 34.9 Å². The van der Waals surface area contributed by atoms with Crippen LogP contribution in [0.4, 0.5) is 5.69 Å². The highest BCUT2D eigenvalue weighted by Gasteiger charge is 2.27. The predicted octanol–water partition coefficient (Wildman–Crippen LogP) is 3.45. The summed E-state index contributed by atoms with van der Waals surface area (Å²) < 4.78 is 5.57. The average molecular weight is 300 g/mol. The number of thiocarbonyl (C=S) groups is 1. The molecule has 3 N–H and O–H groups in total. The summed E-state index contributed by atoms with van der Waals surface area (Å²) in [6, 6.07) is 12.7. The third-order valence-corrected chi connectivity index (χ3v) is 4.51. The van der Waals surface area contributed by atoms with E-state index in [1.54, 1.807) is 7.11 Å². The highest BCUT2D eigenvalue weighted by atomic mass is 32.1. The zero-order valence-corrected chi connectivity index (χ0v) is 13.0. The molecule has 1 aliphatic rings. The van der Waals surface area contributed by atoms with Crippen LogP contribution in [0.3, 0.4) is 0 Å². The van der Waals surface area contributed by atoms with Gasteiger partial charge in [0.1, 0.15) is 4.99 Å². The Morgan fingerprint density at radius 1 is 1.19 bits per heavy atom. The summed E-state index contributed by atoms with van der Waals surface area (Å²) in [5.41, 5.74) is 7.88. The van der Waals surface area contributed by atoms with E-state index in [4.69, 9.17) is 22.7 Å². The summed E-state index contributed by atoms with van der Waals surface area (Å²) in [5, 5.41) is 5.90. The molecular weight excluding hydrogens is 280 g/mol. The van der Waals surface area contributed by atoms with Gasteiger partial charge in [-0.25, -0.2) is 0 Å². The fourth-order valence-electron chi connectivity index (χ4n) is 3.21. The first-order valence-corrected chi connectivity index (χ1v) is 7.72. The zero-order valence-electron chi connectivity index (χ0n) is 12.1. The standard InChI is InChI=1S/C17H20N2OS/c1-20-16-8-4-7-15(16)19-14-10-9-13(17(18)21)11-5-2-3-6-12(11)14/h2-3,5-6,9-10,15-16,19H,4,7-8H2,1H3,(H2,18,21). The Labute approximate surface area is 130 Å². The van der Waals surface area contributed by atoms with Gasteiger partial charge >= 0.3 is 0 Å². The van der Waals surface area contributed by atoms with Crippen molar-refractivity contribution in [3.8, 4) is 0 Å². The number of nitrogens with two attached hydrogens (primary N) is 1. The maximum absolute atomic E-state index is 5.83. The highest BCUT2D eigenvalue weighted by molar-refractivity contribution is 7.80. The SMILES string of the molecule is COC1CCCC1Nc1ccc(C(N)=S)c2ccccc12. The van der Waals surface area contributed by atoms with Gasteiger partial charge in [-0.15, -0.1) is 0 Å². The van der Waals surface area contributed by atoms with E-state index in [1.807, 2.05) is 18.2 Å². The number of rotatable bonds is 4. The van der Waals surface area contributed by atoms with Gasteiger partial charge in [0.2, 0.25) is 0 Å². The largest absolute Gasteiger partial charge is 0.389 e. The molecule has 0 saturated heterocycles. The van der Waals surface area contributed by atoms with E-state index >= 15 is 0 Å². The van der Waals surface area contributed by atoms with E-state index in [0.29, 0.717) is 17.1 Å². The summed E-state index contributed by atoms with van der Waals surface area (Å²) in [7, 11) is 1.79. The van der Waals surface area contributed by atoms with Crippen LogP contribution in [0.2, 0.25) is 0 Å². The molecular formula is C17H20N2OS. The van der Waals surface area contributed by atoms with Crippen LogP contribution in [0.15, 0.2) is 36.4 Å². The third kappa shape index (κ3) is 2.74. The Hall–Kier alpha value is -1.65. The summed E-state index contributed by atoms with van der Waals surface area (Å²) in [5.74, 6) is 0. The molecule has 0 aromatic heterocycles. The van der Waals surface area contributed by atoms with Gasteiger partial charge in [0.05, 0.1) is 12.1 Å². The second-order valence-electron chi connectivity index (χ2n) is 5.53. The fraction of sp³-hybridized carbons (Fsp3) is 0.353. The molecule has 1 saturated carbocycles. The van der Waals surface area contributed by atoms with Crippen molar-refractivity contribution in [2.24, 2.45) is 5.73 Å². The summed E-state index contributed by atoms with van der Waals surface area (Å²) in [6.45, 7) is 0. The Kier molecular flexibility index (Phi) is 4.08. The first-order chi connectivity index (χ1) is 10.2. The predicted molar refractivity (Wildman–Crippen MR) is 91.9 cm³/mol. The number of hydrogen-bond acceptors (Lipinski definition) is 3. The number of hydrogen-bond donors (Lipinski definition) is 2. The van der Waals surface area contributed by atoms with E-state index in [9.17, 15) is 0 Å². The molecule has 0 aliphatic heterocycles. The van der Waals surface area contributed by atoms with Gasteiger partial charge in [-0.1, -0.05) is 36.5 Å². The van der Waals surface area contributed by atoms with Crippen LogP contribution in [0.25, 0.3) is 10.8 Å². The normalized spacial score (nSPS) is 21.6. The monoisotopic (exact) mass is 300 g/mol. The van der Waals surface area contributed by atoms with Crippen molar-refractivity contribution in [3.63, 3.8) is 0 Å². The van der Waals surface area contributed by atoms with Gasteiger partial charge in [-0.2, -0.15) is 0 Å². The van der Waals surface area contributed by atoms with E-state index in [2.05, 4.69) is 23.5 Å². The number of ether oxygens (including phenoxy) is 1. The molecule has 1 fully saturated rings. The Balaban J connectivity index is 2.00. The molecule has 1 aliphatic carbocycles. The molecule has 2 atom stereocenters. The number of nitrogens with one attached hydrogen (secondary N) is 1. The smallest absolute Gasteiger partial charge is 0.104 e. The van der Waals surface area contributed by atoms with Gasteiger partial charge < -0.3 is 15.8 Å². The number of benzene rings is 2. The molecule has 0 spiro atoms. The first-order valence-electron chi connectivity index (χ1n) is 7.31. The lowest BCUT2D eigenvalue weighted by Gasteiger charge is -2.22. The van der Waals surface area contributed by atoms with Crippen molar-refractivity contribution in [2.75, 3.05) is 12.4 Å². The van der Waals surface area contributed by atoms with Crippen molar-refractivity contribution in [1.82, 2.24) is 0 Å². The van der Waals surface area contributed by atoms with Crippen molar-refractivity contribution < 1.29 is 4.74 Å². The van der Waals surface area contributed by atoms with Crippen LogP contribution < -0.4 is 11.1 Å². The fourth-order valence-corrected chi connectivity index (χ4v) is 3.39. The van der Waals surface area contributed by atoms with Crippen LogP contribution in [0.1, 0.15) is 24.8 Å². The van der Waals surface area contributed by atoms with Gasteiger partial charge in [0.25, 0.3) is 0 Å². The van der Waals surface area contributed by atoms with Crippen LogP contribution >= 0.6 is 12.2 Å². The Morgan fingerprint density at radius 3 is 2.67 bits per heavy atom. The molecule has 3 rings (SSSR count). The Morgan fingerprint density at radius 2 is 1.95 bits per heavy atom. The minimum atomic E-state index is 0.291. The molecule has 0 heterocycles.